The molecule has 1 aliphatic heterocycles. The lowest BCUT2D eigenvalue weighted by molar-refractivity contribution is -0.151. The highest BCUT2D eigenvalue weighted by Crippen LogP contribution is 2.49. The molecule has 2 aliphatic rings. The molecule has 0 aromatic heterocycles. The van der Waals surface area contributed by atoms with E-state index in [1.807, 2.05) is 13.8 Å². The zero-order chi connectivity index (χ0) is 25.7. The first kappa shape index (κ1) is 26.7. The third kappa shape index (κ3) is 5.19. The van der Waals surface area contributed by atoms with Gasteiger partial charge in [0.25, 0.3) is 0 Å². The number of thioether (sulfide) groups is 1. The summed E-state index contributed by atoms with van der Waals surface area (Å²) < 4.78 is 21.7. The number of ether oxygens (including phenoxy) is 4. The van der Waals surface area contributed by atoms with Crippen molar-refractivity contribution >= 4 is 29.5 Å². The van der Waals surface area contributed by atoms with Gasteiger partial charge >= 0.3 is 11.9 Å². The summed E-state index contributed by atoms with van der Waals surface area (Å²) in [4.78, 5) is 39.8. The van der Waals surface area contributed by atoms with Crippen LogP contribution in [0.3, 0.4) is 0 Å². The molecule has 0 radical (unpaired) electrons. The zero-order valence-corrected chi connectivity index (χ0v) is 21.9. The normalized spacial score (nSPS) is 21.8. The maximum atomic E-state index is 13.8. The number of esters is 2. The summed E-state index contributed by atoms with van der Waals surface area (Å²) in [5.74, 6) is -1.02. The van der Waals surface area contributed by atoms with Gasteiger partial charge in [0.1, 0.15) is 12.5 Å². The van der Waals surface area contributed by atoms with E-state index in [2.05, 4.69) is 5.32 Å². The van der Waals surface area contributed by atoms with Crippen LogP contribution in [0.5, 0.6) is 11.5 Å². The molecule has 1 aromatic carbocycles. The lowest BCUT2D eigenvalue weighted by Crippen LogP contribution is -2.43. The molecule has 1 aromatic rings. The molecule has 0 fully saturated rings. The van der Waals surface area contributed by atoms with Crippen LogP contribution in [0.25, 0.3) is 0 Å². The monoisotopic (exact) mass is 503 g/mol. The Morgan fingerprint density at radius 3 is 2.54 bits per heavy atom. The highest BCUT2D eigenvalue weighted by molar-refractivity contribution is 7.99. The first-order chi connectivity index (χ1) is 16.8. The van der Waals surface area contributed by atoms with E-state index >= 15 is 0 Å². The number of methoxy groups -OCH3 is 3. The van der Waals surface area contributed by atoms with E-state index in [9.17, 15) is 14.4 Å². The van der Waals surface area contributed by atoms with Crippen molar-refractivity contribution in [3.63, 3.8) is 0 Å². The first-order valence-electron chi connectivity index (χ1n) is 11.6. The topological polar surface area (TPSA) is 100 Å². The van der Waals surface area contributed by atoms with Crippen LogP contribution >= 0.6 is 11.8 Å². The predicted octanol–water partition coefficient (Wildman–Crippen LogP) is 3.61. The third-order valence-electron chi connectivity index (χ3n) is 6.37. The third-order valence-corrected chi connectivity index (χ3v) is 7.24. The second kappa shape index (κ2) is 11.7. The Hall–Kier alpha value is -2.94. The average Bonchev–Trinajstić information content (AvgIpc) is 2.84. The summed E-state index contributed by atoms with van der Waals surface area (Å²) in [6.45, 7) is 5.93. The van der Waals surface area contributed by atoms with Crippen molar-refractivity contribution in [1.82, 2.24) is 5.32 Å². The van der Waals surface area contributed by atoms with Gasteiger partial charge in [0.15, 0.2) is 17.3 Å². The number of rotatable bonds is 9. The molecule has 0 unspecified atom stereocenters. The number of Topliss-reactive ketones (excluding diaryl/α,β-unsaturated/α-hetero) is 1. The Bertz CT molecular complexity index is 1060. The van der Waals surface area contributed by atoms with Gasteiger partial charge in [0.2, 0.25) is 0 Å². The summed E-state index contributed by atoms with van der Waals surface area (Å²) in [5.41, 5.74) is 2.53. The molecule has 0 saturated heterocycles. The Morgan fingerprint density at radius 2 is 1.91 bits per heavy atom. The molecule has 190 valence electrons. The van der Waals surface area contributed by atoms with Crippen LogP contribution < -0.4 is 14.8 Å². The minimum absolute atomic E-state index is 0.248. The van der Waals surface area contributed by atoms with E-state index in [1.54, 1.807) is 36.9 Å². The highest BCUT2D eigenvalue weighted by atomic mass is 32.2. The van der Waals surface area contributed by atoms with Gasteiger partial charge in [0.05, 0.1) is 32.8 Å². The van der Waals surface area contributed by atoms with E-state index in [0.717, 1.165) is 5.75 Å². The molecular weight excluding hydrogens is 470 g/mol. The largest absolute Gasteiger partial charge is 0.493 e. The lowest BCUT2D eigenvalue weighted by Gasteiger charge is -2.38. The Kier molecular flexibility index (Phi) is 8.88. The molecule has 1 N–H and O–H groups in total. The molecule has 1 heterocycles. The molecule has 0 amide bonds. The first-order valence-corrected chi connectivity index (χ1v) is 12.7. The van der Waals surface area contributed by atoms with Crippen molar-refractivity contribution in [3.05, 3.63) is 46.3 Å². The molecular formula is C26H33NO7S. The van der Waals surface area contributed by atoms with E-state index in [0.29, 0.717) is 51.8 Å². The lowest BCUT2D eigenvalue weighted by atomic mass is 9.69. The highest BCUT2D eigenvalue weighted by Gasteiger charge is 2.48. The smallest absolute Gasteiger partial charge is 0.336 e. The number of benzene rings is 1. The van der Waals surface area contributed by atoms with Crippen molar-refractivity contribution in [2.45, 2.75) is 33.1 Å². The summed E-state index contributed by atoms with van der Waals surface area (Å²) in [6.07, 6.45) is 0.455. The minimum atomic E-state index is -0.962. The fourth-order valence-corrected chi connectivity index (χ4v) is 5.31. The van der Waals surface area contributed by atoms with Crippen LogP contribution in [0.4, 0.5) is 0 Å². The molecule has 3 rings (SSSR count). The maximum absolute atomic E-state index is 13.8. The Balaban J connectivity index is 2.18. The van der Waals surface area contributed by atoms with Gasteiger partial charge in [-0.25, -0.2) is 4.79 Å². The van der Waals surface area contributed by atoms with Crippen molar-refractivity contribution in [2.24, 2.45) is 11.8 Å². The number of para-hydroxylation sites is 1. The maximum Gasteiger partial charge on any atom is 0.336 e. The van der Waals surface area contributed by atoms with Crippen LogP contribution in [0, 0.1) is 11.8 Å². The number of dihydropyridines is 1. The van der Waals surface area contributed by atoms with Gasteiger partial charge in [0, 0.05) is 28.3 Å². The van der Waals surface area contributed by atoms with Crippen molar-refractivity contribution in [1.29, 1.82) is 0 Å². The van der Waals surface area contributed by atoms with E-state index in [4.69, 9.17) is 18.9 Å². The van der Waals surface area contributed by atoms with Gasteiger partial charge in [-0.2, -0.15) is 11.8 Å². The summed E-state index contributed by atoms with van der Waals surface area (Å²) in [5, 5.41) is 3.26. The second-order valence-corrected chi connectivity index (χ2v) is 9.84. The van der Waals surface area contributed by atoms with E-state index < -0.39 is 23.8 Å². The number of carbonyl (C=O) groups is 3. The van der Waals surface area contributed by atoms with Crippen LogP contribution in [0.15, 0.2) is 40.7 Å². The number of ketones is 1. The average molecular weight is 504 g/mol. The molecule has 9 heteroatoms. The van der Waals surface area contributed by atoms with Crippen LogP contribution in [-0.4, -0.2) is 57.2 Å². The molecule has 35 heavy (non-hydrogen) atoms. The van der Waals surface area contributed by atoms with E-state index in [1.165, 1.54) is 21.3 Å². The quantitative estimate of drug-likeness (QED) is 0.308. The minimum Gasteiger partial charge on any atom is -0.493 e. The standard InChI is InChI=1S/C26H33NO7S/c1-7-35-12-11-34-26(30)20-15(3)27-17-13-14(2)19(25(29)33-6)23(28)22(17)21(20)16-9-8-10-18(31-4)24(16)32-5/h8-10,14,19,21,27H,7,11-13H2,1-6H3/t14-,19+,21+/m0/s1. The molecule has 3 atom stereocenters. The second-order valence-electron chi connectivity index (χ2n) is 8.45. The molecule has 0 saturated carbocycles. The van der Waals surface area contributed by atoms with Gasteiger partial charge in [-0.15, -0.1) is 0 Å². The molecule has 1 aliphatic carbocycles. The predicted molar refractivity (Wildman–Crippen MR) is 133 cm³/mol. The number of carbonyl (C=O) groups excluding carboxylic acids is 3. The van der Waals surface area contributed by atoms with Gasteiger partial charge < -0.3 is 24.3 Å². The Morgan fingerprint density at radius 1 is 1.17 bits per heavy atom. The summed E-state index contributed by atoms with van der Waals surface area (Å²) in [6, 6.07) is 5.33. The van der Waals surface area contributed by atoms with Gasteiger partial charge in [-0.05, 0) is 31.1 Å². The number of hydrogen-bond donors (Lipinski definition) is 1. The zero-order valence-electron chi connectivity index (χ0n) is 21.1. The van der Waals surface area contributed by atoms with Crippen molar-refractivity contribution in [3.8, 4) is 11.5 Å². The molecule has 8 nitrogen and oxygen atoms in total. The molecule has 0 spiro atoms. The number of nitrogens with one attached hydrogen (secondary N) is 1. The van der Waals surface area contributed by atoms with Crippen LogP contribution in [-0.2, 0) is 23.9 Å². The van der Waals surface area contributed by atoms with Gasteiger partial charge in [-0.3, -0.25) is 9.59 Å². The van der Waals surface area contributed by atoms with Crippen LogP contribution in [0.2, 0.25) is 0 Å². The summed E-state index contributed by atoms with van der Waals surface area (Å²) in [7, 11) is 4.31. The van der Waals surface area contributed by atoms with Crippen molar-refractivity contribution in [2.75, 3.05) is 39.4 Å². The number of hydrogen-bond acceptors (Lipinski definition) is 9. The Labute approximate surface area is 210 Å². The van der Waals surface area contributed by atoms with E-state index in [-0.39, 0.29) is 18.3 Å². The van der Waals surface area contributed by atoms with Crippen LogP contribution in [0.1, 0.15) is 38.7 Å². The van der Waals surface area contributed by atoms with Gasteiger partial charge in [-0.1, -0.05) is 26.0 Å². The summed E-state index contributed by atoms with van der Waals surface area (Å²) >= 11 is 1.67. The SMILES string of the molecule is CCSCCOC(=O)C1=C(C)NC2=C(C(=O)[C@H](C(=O)OC)[C@@H](C)C2)[C@@H]1c1cccc(OC)c1OC. The molecule has 0 bridgehead atoms. The van der Waals surface area contributed by atoms with Crippen molar-refractivity contribution < 1.29 is 33.3 Å². The fourth-order valence-electron chi connectivity index (χ4n) is 4.82. The number of allylic oxidation sites excluding steroid dienone is 3. The fraction of sp³-hybridized carbons (Fsp3) is 0.500.